The molecule has 0 aliphatic heterocycles. The van der Waals surface area contributed by atoms with Crippen LogP contribution in [-0.2, 0) is 9.53 Å². The molecule has 0 fully saturated rings. The van der Waals surface area contributed by atoms with Gasteiger partial charge in [-0.3, -0.25) is 0 Å². The standard InChI is InChI=1S/C14H19NO5.2H2O/c1-14(2,3)20-13(19)15-10(11(16)12(17)18)9-7-5-4-6-8-9;;/h4-8,10-11,16H,1-3H3,(H,15,19)(H,17,18);2*1H2. The van der Waals surface area contributed by atoms with E-state index >= 15 is 0 Å². The highest BCUT2D eigenvalue weighted by Crippen LogP contribution is 2.18. The summed E-state index contributed by atoms with van der Waals surface area (Å²) in [5.41, 5.74) is -0.229. The molecule has 1 amide bonds. The number of aliphatic hydroxyl groups excluding tert-OH is 1. The second-order valence-electron chi connectivity index (χ2n) is 5.32. The number of carbonyl (C=O) groups excluding carboxylic acids is 1. The van der Waals surface area contributed by atoms with E-state index in [0.29, 0.717) is 5.56 Å². The highest BCUT2D eigenvalue weighted by Gasteiger charge is 2.30. The monoisotopic (exact) mass is 317 g/mol. The number of alkyl carbamates (subject to hydrolysis) is 1. The number of hydrogen-bond acceptors (Lipinski definition) is 4. The minimum Gasteiger partial charge on any atom is -0.479 e. The molecule has 126 valence electrons. The van der Waals surface area contributed by atoms with E-state index in [1.165, 1.54) is 0 Å². The fraction of sp³-hybridized carbons (Fsp3) is 0.429. The van der Waals surface area contributed by atoms with E-state index in [0.717, 1.165) is 0 Å². The molecule has 8 heteroatoms. The molecule has 2 unspecified atom stereocenters. The van der Waals surface area contributed by atoms with Crippen LogP contribution in [0.3, 0.4) is 0 Å². The van der Waals surface area contributed by atoms with Gasteiger partial charge in [-0.15, -0.1) is 0 Å². The summed E-state index contributed by atoms with van der Waals surface area (Å²) in [6.45, 7) is 5.08. The molecule has 0 saturated carbocycles. The van der Waals surface area contributed by atoms with E-state index in [2.05, 4.69) is 5.32 Å². The summed E-state index contributed by atoms with van der Waals surface area (Å²) in [6.07, 6.45) is -2.54. The molecule has 0 radical (unpaired) electrons. The van der Waals surface area contributed by atoms with Gasteiger partial charge in [-0.2, -0.15) is 0 Å². The Kier molecular flexibility index (Phi) is 9.03. The van der Waals surface area contributed by atoms with Gasteiger partial charge in [0.1, 0.15) is 5.60 Å². The Morgan fingerprint density at radius 2 is 1.64 bits per heavy atom. The Balaban J connectivity index is 0. The third-order valence-electron chi connectivity index (χ3n) is 2.40. The summed E-state index contributed by atoms with van der Waals surface area (Å²) in [6, 6.07) is 7.29. The van der Waals surface area contributed by atoms with Gasteiger partial charge < -0.3 is 31.2 Å². The third-order valence-corrected chi connectivity index (χ3v) is 2.40. The summed E-state index contributed by atoms with van der Waals surface area (Å²) in [5, 5.41) is 21.0. The van der Waals surface area contributed by atoms with Crippen molar-refractivity contribution in [3.05, 3.63) is 35.9 Å². The number of aliphatic hydroxyl groups is 1. The largest absolute Gasteiger partial charge is 0.479 e. The second kappa shape index (κ2) is 8.98. The zero-order chi connectivity index (χ0) is 15.3. The van der Waals surface area contributed by atoms with Crippen molar-refractivity contribution >= 4 is 12.1 Å². The SMILES string of the molecule is CC(C)(C)OC(=O)NC(c1ccccc1)C(O)C(=O)O.O.O. The van der Waals surface area contributed by atoms with Crippen LogP contribution in [0.25, 0.3) is 0 Å². The first-order valence-electron chi connectivity index (χ1n) is 6.16. The van der Waals surface area contributed by atoms with E-state index in [9.17, 15) is 14.7 Å². The van der Waals surface area contributed by atoms with Gasteiger partial charge in [0.15, 0.2) is 6.10 Å². The number of carboxylic acids is 1. The van der Waals surface area contributed by atoms with Crippen molar-refractivity contribution in [1.29, 1.82) is 0 Å². The third kappa shape index (κ3) is 7.02. The predicted octanol–water partition coefficient (Wildman–Crippen LogP) is 0.0485. The van der Waals surface area contributed by atoms with Crippen LogP contribution in [0.1, 0.15) is 32.4 Å². The first-order chi connectivity index (χ1) is 9.20. The van der Waals surface area contributed by atoms with E-state index < -0.39 is 29.8 Å². The summed E-state index contributed by atoms with van der Waals surface area (Å²) in [7, 11) is 0. The minimum absolute atomic E-state index is 0. The molecule has 1 aromatic rings. The molecule has 2 atom stereocenters. The van der Waals surface area contributed by atoms with Gasteiger partial charge in [-0.25, -0.2) is 9.59 Å². The Morgan fingerprint density at radius 3 is 2.05 bits per heavy atom. The molecule has 0 aliphatic rings. The number of aliphatic carboxylic acids is 1. The van der Waals surface area contributed by atoms with Gasteiger partial charge in [0.25, 0.3) is 0 Å². The Bertz CT molecular complexity index is 470. The van der Waals surface area contributed by atoms with Crippen LogP contribution in [0.2, 0.25) is 0 Å². The van der Waals surface area contributed by atoms with Crippen LogP contribution < -0.4 is 5.32 Å². The smallest absolute Gasteiger partial charge is 0.408 e. The number of nitrogens with one attached hydrogen (secondary N) is 1. The molecule has 0 saturated heterocycles. The zero-order valence-electron chi connectivity index (χ0n) is 12.7. The summed E-state index contributed by atoms with van der Waals surface area (Å²) in [4.78, 5) is 22.7. The van der Waals surface area contributed by atoms with Crippen molar-refractivity contribution in [3.8, 4) is 0 Å². The molecular weight excluding hydrogens is 294 g/mol. The van der Waals surface area contributed by atoms with Crippen LogP contribution >= 0.6 is 0 Å². The van der Waals surface area contributed by atoms with Gasteiger partial charge in [-0.05, 0) is 26.3 Å². The molecule has 0 heterocycles. The van der Waals surface area contributed by atoms with Crippen LogP contribution in [0, 0.1) is 0 Å². The number of benzene rings is 1. The maximum atomic E-state index is 11.7. The molecule has 1 aromatic carbocycles. The lowest BCUT2D eigenvalue weighted by molar-refractivity contribution is -0.148. The van der Waals surface area contributed by atoms with Crippen molar-refractivity contribution in [2.24, 2.45) is 0 Å². The highest BCUT2D eigenvalue weighted by molar-refractivity contribution is 5.75. The molecule has 8 nitrogen and oxygen atoms in total. The second-order valence-corrected chi connectivity index (χ2v) is 5.32. The average Bonchev–Trinajstić information content (AvgIpc) is 2.34. The molecular formula is C14H23NO7. The number of ether oxygens (including phenoxy) is 1. The maximum absolute atomic E-state index is 11.7. The normalized spacial score (nSPS) is 12.9. The lowest BCUT2D eigenvalue weighted by atomic mass is 10.0. The maximum Gasteiger partial charge on any atom is 0.408 e. The summed E-state index contributed by atoms with van der Waals surface area (Å²) < 4.78 is 5.07. The number of hydrogen-bond donors (Lipinski definition) is 3. The Morgan fingerprint density at radius 1 is 1.14 bits per heavy atom. The van der Waals surface area contributed by atoms with Crippen LogP contribution in [-0.4, -0.2) is 44.9 Å². The first-order valence-corrected chi connectivity index (χ1v) is 6.16. The van der Waals surface area contributed by atoms with E-state index in [1.54, 1.807) is 51.1 Å². The Labute approximate surface area is 128 Å². The van der Waals surface area contributed by atoms with Crippen molar-refractivity contribution in [1.82, 2.24) is 5.32 Å². The van der Waals surface area contributed by atoms with Crippen molar-refractivity contribution in [2.75, 3.05) is 0 Å². The quantitative estimate of drug-likeness (QED) is 0.714. The van der Waals surface area contributed by atoms with Crippen molar-refractivity contribution in [3.63, 3.8) is 0 Å². The molecule has 22 heavy (non-hydrogen) atoms. The lowest BCUT2D eigenvalue weighted by Gasteiger charge is -2.25. The van der Waals surface area contributed by atoms with Gasteiger partial charge in [0.2, 0.25) is 0 Å². The highest BCUT2D eigenvalue weighted by atomic mass is 16.6. The van der Waals surface area contributed by atoms with E-state index in [-0.39, 0.29) is 11.0 Å². The molecule has 1 rings (SSSR count). The Hall–Kier alpha value is -2.16. The zero-order valence-corrected chi connectivity index (χ0v) is 12.7. The summed E-state index contributed by atoms with van der Waals surface area (Å²) >= 11 is 0. The van der Waals surface area contributed by atoms with E-state index in [1.807, 2.05) is 0 Å². The number of carboxylic acid groups (broad SMARTS) is 1. The topological polar surface area (TPSA) is 159 Å². The van der Waals surface area contributed by atoms with Gasteiger partial charge in [0, 0.05) is 0 Å². The molecule has 0 bridgehead atoms. The number of carbonyl (C=O) groups is 2. The fourth-order valence-corrected chi connectivity index (χ4v) is 1.58. The minimum atomic E-state index is -1.76. The van der Waals surface area contributed by atoms with Crippen LogP contribution in [0.5, 0.6) is 0 Å². The molecule has 7 N–H and O–H groups in total. The fourth-order valence-electron chi connectivity index (χ4n) is 1.58. The van der Waals surface area contributed by atoms with Gasteiger partial charge in [0.05, 0.1) is 6.04 Å². The van der Waals surface area contributed by atoms with E-state index in [4.69, 9.17) is 9.84 Å². The number of rotatable bonds is 4. The van der Waals surface area contributed by atoms with Crippen LogP contribution in [0.4, 0.5) is 4.79 Å². The van der Waals surface area contributed by atoms with Crippen molar-refractivity contribution in [2.45, 2.75) is 38.5 Å². The van der Waals surface area contributed by atoms with Crippen molar-refractivity contribution < 1.29 is 35.5 Å². The average molecular weight is 317 g/mol. The number of amides is 1. The molecule has 0 spiro atoms. The van der Waals surface area contributed by atoms with Gasteiger partial charge in [-0.1, -0.05) is 30.3 Å². The predicted molar refractivity (Wildman–Crippen MR) is 79.4 cm³/mol. The lowest BCUT2D eigenvalue weighted by Crippen LogP contribution is -2.42. The van der Waals surface area contributed by atoms with Crippen LogP contribution in [0.15, 0.2) is 30.3 Å². The van der Waals surface area contributed by atoms with Gasteiger partial charge >= 0.3 is 12.1 Å². The summed E-state index contributed by atoms with van der Waals surface area (Å²) in [5.74, 6) is -1.42. The molecule has 0 aliphatic carbocycles. The first kappa shape index (κ1) is 22.1. The molecule has 0 aromatic heterocycles.